The lowest BCUT2D eigenvalue weighted by molar-refractivity contribution is 0.0943. The fourth-order valence-electron chi connectivity index (χ4n) is 2.95. The first kappa shape index (κ1) is 18.5. The number of Topliss-reactive ketones (excluding diaryl/α,β-unsaturated/α-hetero) is 1. The predicted molar refractivity (Wildman–Crippen MR) is 104 cm³/mol. The van der Waals surface area contributed by atoms with Gasteiger partial charge >= 0.3 is 0 Å². The van der Waals surface area contributed by atoms with Gasteiger partial charge in [0.2, 0.25) is 0 Å². The zero-order valence-electron chi connectivity index (χ0n) is 15.3. The number of ketones is 1. The van der Waals surface area contributed by atoms with Crippen LogP contribution in [0.4, 0.5) is 0 Å². The number of rotatable bonds is 7. The van der Waals surface area contributed by atoms with Gasteiger partial charge in [-0.1, -0.05) is 23.7 Å². The third kappa shape index (κ3) is 3.64. The number of hydrogen-bond donors (Lipinski definition) is 0. The molecule has 0 radical (unpaired) electrons. The molecule has 1 aromatic carbocycles. The zero-order chi connectivity index (χ0) is 18.7. The maximum Gasteiger partial charge on any atom is 0.181 e. The summed E-state index contributed by atoms with van der Waals surface area (Å²) in [5.74, 6) is -0.00526. The van der Waals surface area contributed by atoms with Gasteiger partial charge in [-0.05, 0) is 38.0 Å². The molecule has 3 aromatic rings. The Morgan fingerprint density at radius 2 is 2.12 bits per heavy atom. The summed E-state index contributed by atoms with van der Waals surface area (Å²) in [7, 11) is 1.90. The molecule has 26 heavy (non-hydrogen) atoms. The monoisotopic (exact) mass is 371 g/mol. The minimum Gasteiger partial charge on any atom is -0.382 e. The summed E-state index contributed by atoms with van der Waals surface area (Å²) in [5, 5.41) is 5.78. The summed E-state index contributed by atoms with van der Waals surface area (Å²) in [6, 6.07) is 7.51. The number of benzene rings is 1. The summed E-state index contributed by atoms with van der Waals surface area (Å²) in [4.78, 5) is 17.2. The summed E-state index contributed by atoms with van der Waals surface area (Å²) in [6.07, 6.45) is 2.89. The number of halogens is 1. The number of para-hydroxylation sites is 1. The van der Waals surface area contributed by atoms with Gasteiger partial charge in [0.1, 0.15) is 5.69 Å². The van der Waals surface area contributed by atoms with Gasteiger partial charge in [0, 0.05) is 43.3 Å². The first-order chi connectivity index (χ1) is 12.5. The fourth-order valence-corrected chi connectivity index (χ4v) is 3.17. The second-order valence-corrected chi connectivity index (χ2v) is 6.59. The molecule has 2 aromatic heterocycles. The highest BCUT2D eigenvalue weighted by molar-refractivity contribution is 6.35. The highest BCUT2D eigenvalue weighted by Crippen LogP contribution is 2.33. The average Bonchev–Trinajstić information content (AvgIpc) is 2.97. The van der Waals surface area contributed by atoms with Gasteiger partial charge in [0.15, 0.2) is 5.78 Å². The molecular weight excluding hydrogens is 350 g/mol. The van der Waals surface area contributed by atoms with E-state index in [2.05, 4.69) is 10.1 Å². The molecule has 0 aliphatic rings. The summed E-state index contributed by atoms with van der Waals surface area (Å²) in [5.41, 5.74) is 4.00. The summed E-state index contributed by atoms with van der Waals surface area (Å²) < 4.78 is 7.13. The Kier molecular flexibility index (Phi) is 5.69. The number of nitrogens with zero attached hydrogens (tertiary/aromatic N) is 3. The van der Waals surface area contributed by atoms with Crippen molar-refractivity contribution in [3.05, 3.63) is 46.9 Å². The van der Waals surface area contributed by atoms with E-state index < -0.39 is 0 Å². The smallest absolute Gasteiger partial charge is 0.181 e. The highest BCUT2D eigenvalue weighted by atomic mass is 35.5. The van der Waals surface area contributed by atoms with Gasteiger partial charge in [-0.15, -0.1) is 0 Å². The van der Waals surface area contributed by atoms with Crippen LogP contribution in [0.15, 0.2) is 30.5 Å². The van der Waals surface area contributed by atoms with Crippen molar-refractivity contribution in [2.45, 2.75) is 26.7 Å². The van der Waals surface area contributed by atoms with E-state index in [0.29, 0.717) is 42.3 Å². The molecule has 2 heterocycles. The number of hydrogen-bond acceptors (Lipinski definition) is 4. The van der Waals surface area contributed by atoms with Gasteiger partial charge in [0.05, 0.1) is 16.7 Å². The lowest BCUT2D eigenvalue weighted by Crippen LogP contribution is -2.06. The van der Waals surface area contributed by atoms with E-state index in [1.807, 2.05) is 50.0 Å². The van der Waals surface area contributed by atoms with Crippen LogP contribution < -0.4 is 0 Å². The molecule has 0 bridgehead atoms. The quantitative estimate of drug-likeness (QED) is 0.450. The largest absolute Gasteiger partial charge is 0.382 e. The number of aryl methyl sites for hydroxylation is 1. The second kappa shape index (κ2) is 7.98. The van der Waals surface area contributed by atoms with Crippen LogP contribution in [0, 0.1) is 6.92 Å². The van der Waals surface area contributed by atoms with Gasteiger partial charge in [-0.2, -0.15) is 5.10 Å². The van der Waals surface area contributed by atoms with E-state index in [9.17, 15) is 4.79 Å². The minimum absolute atomic E-state index is 0.00526. The molecule has 0 saturated heterocycles. The molecule has 6 heteroatoms. The Morgan fingerprint density at radius 1 is 1.31 bits per heavy atom. The number of aromatic nitrogens is 3. The van der Waals surface area contributed by atoms with Crippen molar-refractivity contribution in [2.24, 2.45) is 7.05 Å². The van der Waals surface area contributed by atoms with Crippen molar-refractivity contribution in [3.63, 3.8) is 0 Å². The zero-order valence-corrected chi connectivity index (χ0v) is 16.0. The Morgan fingerprint density at radius 3 is 2.81 bits per heavy atom. The van der Waals surface area contributed by atoms with Gasteiger partial charge in [0.25, 0.3) is 0 Å². The number of ether oxygens (including phenoxy) is 1. The van der Waals surface area contributed by atoms with Crippen molar-refractivity contribution >= 4 is 28.3 Å². The molecule has 0 saturated carbocycles. The fraction of sp³-hybridized carbons (Fsp3) is 0.350. The topological polar surface area (TPSA) is 57.0 Å². The Labute approximate surface area is 157 Å². The van der Waals surface area contributed by atoms with Crippen molar-refractivity contribution in [1.29, 1.82) is 0 Å². The van der Waals surface area contributed by atoms with Gasteiger partial charge in [-0.25, -0.2) is 4.98 Å². The molecule has 0 unspecified atom stereocenters. The maximum atomic E-state index is 12.7. The molecule has 136 valence electrons. The molecule has 0 amide bonds. The van der Waals surface area contributed by atoms with Crippen LogP contribution in [0.1, 0.15) is 35.9 Å². The highest BCUT2D eigenvalue weighted by Gasteiger charge is 2.17. The van der Waals surface area contributed by atoms with Crippen LogP contribution in [0.5, 0.6) is 0 Å². The number of pyridine rings is 1. The molecule has 0 aliphatic heterocycles. The van der Waals surface area contributed by atoms with Crippen LogP contribution in [-0.4, -0.2) is 33.8 Å². The van der Waals surface area contributed by atoms with Crippen molar-refractivity contribution in [3.8, 4) is 11.1 Å². The van der Waals surface area contributed by atoms with E-state index in [1.165, 1.54) is 0 Å². The molecule has 0 aliphatic carbocycles. The van der Waals surface area contributed by atoms with Gasteiger partial charge in [-0.3, -0.25) is 9.48 Å². The Balaban J connectivity index is 2.07. The number of carbonyl (C=O) groups excluding carboxylic acids is 1. The normalized spacial score (nSPS) is 11.2. The third-order valence-electron chi connectivity index (χ3n) is 4.50. The van der Waals surface area contributed by atoms with Crippen LogP contribution in [0.25, 0.3) is 22.0 Å². The first-order valence-electron chi connectivity index (χ1n) is 8.72. The third-order valence-corrected chi connectivity index (χ3v) is 4.80. The van der Waals surface area contributed by atoms with E-state index >= 15 is 0 Å². The lowest BCUT2D eigenvalue weighted by atomic mass is 9.99. The maximum absolute atomic E-state index is 12.7. The predicted octanol–water partition coefficient (Wildman–Crippen LogP) is 4.60. The van der Waals surface area contributed by atoms with E-state index in [-0.39, 0.29) is 5.78 Å². The lowest BCUT2D eigenvalue weighted by Gasteiger charge is -2.10. The standard InChI is InChI=1S/C20H22ClN3O2/c1-4-26-10-6-9-19(25)18-11-15(16-12-22-24(3)13(16)2)14-7-5-8-17(21)20(14)23-18/h5,7-8,11-12H,4,6,9-10H2,1-3H3. The first-order valence-corrected chi connectivity index (χ1v) is 9.10. The minimum atomic E-state index is -0.00526. The average molecular weight is 372 g/mol. The molecule has 0 fully saturated rings. The number of carbonyl (C=O) groups is 1. The molecule has 0 N–H and O–H groups in total. The number of fused-ring (bicyclic) bond motifs is 1. The SMILES string of the molecule is CCOCCCC(=O)c1cc(-c2cnn(C)c2C)c2cccc(Cl)c2n1. The Bertz CT molecular complexity index is 950. The summed E-state index contributed by atoms with van der Waals surface area (Å²) in [6.45, 7) is 5.17. The summed E-state index contributed by atoms with van der Waals surface area (Å²) >= 11 is 6.37. The Hall–Kier alpha value is -2.24. The van der Waals surface area contributed by atoms with Gasteiger partial charge < -0.3 is 4.74 Å². The van der Waals surface area contributed by atoms with E-state index in [0.717, 1.165) is 22.2 Å². The van der Waals surface area contributed by atoms with Crippen LogP contribution in [-0.2, 0) is 11.8 Å². The van der Waals surface area contributed by atoms with E-state index in [4.69, 9.17) is 16.3 Å². The molecule has 5 nitrogen and oxygen atoms in total. The van der Waals surface area contributed by atoms with Crippen molar-refractivity contribution in [1.82, 2.24) is 14.8 Å². The second-order valence-electron chi connectivity index (χ2n) is 6.18. The van der Waals surface area contributed by atoms with Crippen molar-refractivity contribution in [2.75, 3.05) is 13.2 Å². The van der Waals surface area contributed by atoms with Crippen LogP contribution >= 0.6 is 11.6 Å². The van der Waals surface area contributed by atoms with Crippen LogP contribution in [0.2, 0.25) is 5.02 Å². The molecular formula is C20H22ClN3O2. The molecule has 0 atom stereocenters. The molecule has 0 spiro atoms. The van der Waals surface area contributed by atoms with E-state index in [1.54, 1.807) is 6.07 Å². The van der Waals surface area contributed by atoms with Crippen molar-refractivity contribution < 1.29 is 9.53 Å². The van der Waals surface area contributed by atoms with Crippen LogP contribution in [0.3, 0.4) is 0 Å². The molecule has 3 rings (SSSR count).